The van der Waals surface area contributed by atoms with Crippen LogP contribution in [-0.2, 0) is 14.3 Å². The molecule has 2 aromatic carbocycles. The van der Waals surface area contributed by atoms with Gasteiger partial charge >= 0.3 is 12.0 Å². The molecule has 1 fully saturated rings. The SMILES string of the molecule is CCOC(=O)CCCCCNC(=O)/N=C(\c1ccccc1)N1CCN(C(=O)C(=O)c2c[nH]c3cccc(F)c23)CC1. The number of carbonyl (C=O) groups is 4. The van der Waals surface area contributed by atoms with Crippen LogP contribution in [0.15, 0.2) is 59.7 Å². The fourth-order valence-electron chi connectivity index (χ4n) is 4.74. The fourth-order valence-corrected chi connectivity index (χ4v) is 4.74. The van der Waals surface area contributed by atoms with Crippen molar-refractivity contribution in [3.05, 3.63) is 71.7 Å². The number of nitrogens with one attached hydrogen (secondary N) is 2. The van der Waals surface area contributed by atoms with Gasteiger partial charge in [-0.2, -0.15) is 4.99 Å². The lowest BCUT2D eigenvalue weighted by Gasteiger charge is -2.36. The third kappa shape index (κ3) is 7.56. The van der Waals surface area contributed by atoms with Gasteiger partial charge in [0.2, 0.25) is 0 Å². The Balaban J connectivity index is 1.35. The second kappa shape index (κ2) is 14.2. The number of H-pyrrole nitrogens is 1. The summed E-state index contributed by atoms with van der Waals surface area (Å²) in [6.45, 7) is 3.76. The van der Waals surface area contributed by atoms with Gasteiger partial charge in [-0.3, -0.25) is 14.4 Å². The molecule has 11 heteroatoms. The summed E-state index contributed by atoms with van der Waals surface area (Å²) < 4.78 is 19.3. The summed E-state index contributed by atoms with van der Waals surface area (Å²) in [6, 6.07) is 13.2. The highest BCUT2D eigenvalue weighted by Gasteiger charge is 2.30. The Kier molecular flexibility index (Phi) is 10.2. The Morgan fingerprint density at radius 3 is 2.41 bits per heavy atom. The number of amidine groups is 1. The number of benzene rings is 2. The maximum atomic E-state index is 14.4. The number of halogens is 1. The van der Waals surface area contributed by atoms with Crippen molar-refractivity contribution in [2.75, 3.05) is 39.3 Å². The molecule has 2 N–H and O–H groups in total. The molecule has 1 aliphatic heterocycles. The van der Waals surface area contributed by atoms with Crippen LogP contribution in [0.2, 0.25) is 0 Å². The third-order valence-electron chi connectivity index (χ3n) is 6.84. The van der Waals surface area contributed by atoms with Gasteiger partial charge in [-0.25, -0.2) is 9.18 Å². The van der Waals surface area contributed by atoms with Gasteiger partial charge in [-0.05, 0) is 31.9 Å². The Labute approximate surface area is 237 Å². The van der Waals surface area contributed by atoms with Gasteiger partial charge in [-0.15, -0.1) is 0 Å². The average molecular weight is 564 g/mol. The number of aliphatic imine (C=N–C) groups is 1. The van der Waals surface area contributed by atoms with Crippen LogP contribution < -0.4 is 5.32 Å². The van der Waals surface area contributed by atoms with Gasteiger partial charge in [0.1, 0.15) is 11.7 Å². The number of nitrogens with zero attached hydrogens (tertiary/aromatic N) is 3. The van der Waals surface area contributed by atoms with E-state index >= 15 is 0 Å². The van der Waals surface area contributed by atoms with E-state index in [9.17, 15) is 23.6 Å². The van der Waals surface area contributed by atoms with Crippen LogP contribution in [0.25, 0.3) is 10.9 Å². The zero-order chi connectivity index (χ0) is 29.2. The van der Waals surface area contributed by atoms with Crippen molar-refractivity contribution in [3.63, 3.8) is 0 Å². The predicted octanol–water partition coefficient (Wildman–Crippen LogP) is 3.91. The number of aromatic amines is 1. The minimum Gasteiger partial charge on any atom is -0.466 e. The first-order chi connectivity index (χ1) is 19.9. The number of ketones is 1. The minimum absolute atomic E-state index is 0.00892. The van der Waals surface area contributed by atoms with Gasteiger partial charge in [0.05, 0.1) is 12.2 Å². The lowest BCUT2D eigenvalue weighted by Crippen LogP contribution is -2.52. The number of esters is 1. The topological polar surface area (TPSA) is 124 Å². The molecular weight excluding hydrogens is 529 g/mol. The van der Waals surface area contributed by atoms with E-state index in [1.54, 1.807) is 13.0 Å². The number of hydrogen-bond acceptors (Lipinski definition) is 5. The van der Waals surface area contributed by atoms with E-state index in [0.717, 1.165) is 12.0 Å². The number of Topliss-reactive ketones (excluding diaryl/α,β-unsaturated/α-hetero) is 1. The highest BCUT2D eigenvalue weighted by atomic mass is 19.1. The van der Waals surface area contributed by atoms with Crippen molar-refractivity contribution in [3.8, 4) is 0 Å². The van der Waals surface area contributed by atoms with Crippen LogP contribution in [0.1, 0.15) is 48.5 Å². The fraction of sp³-hybridized carbons (Fsp3) is 0.367. The first-order valence-electron chi connectivity index (χ1n) is 13.8. The Morgan fingerprint density at radius 2 is 1.68 bits per heavy atom. The Hall–Kier alpha value is -4.54. The normalized spacial score (nSPS) is 13.8. The van der Waals surface area contributed by atoms with Crippen molar-refractivity contribution < 1.29 is 28.3 Å². The standard InChI is InChI=1S/C30H34FN5O5/c1-2-41-25(37)14-7-4-8-15-32-30(40)34-28(21-10-5-3-6-11-21)35-16-18-36(19-17-35)29(39)27(38)22-20-33-24-13-9-12-23(31)26(22)24/h3,5-6,9-13,20,33H,2,4,7-8,14-19H2,1H3,(H,32,40)/b34-28+. The second-order valence-corrected chi connectivity index (χ2v) is 9.62. The molecule has 3 aromatic rings. The Bertz CT molecular complexity index is 1410. The van der Waals surface area contributed by atoms with Gasteiger partial charge in [-0.1, -0.05) is 42.8 Å². The molecule has 4 rings (SSSR count). The van der Waals surface area contributed by atoms with Crippen LogP contribution in [0, 0.1) is 5.82 Å². The summed E-state index contributed by atoms with van der Waals surface area (Å²) in [5.41, 5.74) is 1.21. The third-order valence-corrected chi connectivity index (χ3v) is 6.84. The lowest BCUT2D eigenvalue weighted by atomic mass is 10.1. The van der Waals surface area contributed by atoms with Crippen molar-refractivity contribution in [2.45, 2.75) is 32.6 Å². The number of amides is 3. The number of hydrogen-bond donors (Lipinski definition) is 2. The summed E-state index contributed by atoms with van der Waals surface area (Å²) in [6.07, 6.45) is 3.89. The molecule has 10 nitrogen and oxygen atoms in total. The van der Waals surface area contributed by atoms with E-state index in [1.807, 2.05) is 35.2 Å². The summed E-state index contributed by atoms with van der Waals surface area (Å²) in [4.78, 5) is 60.7. The summed E-state index contributed by atoms with van der Waals surface area (Å²) in [7, 11) is 0. The lowest BCUT2D eigenvalue weighted by molar-refractivity contribution is -0.143. The molecule has 1 aliphatic rings. The van der Waals surface area contributed by atoms with Crippen molar-refractivity contribution in [1.29, 1.82) is 0 Å². The first-order valence-corrected chi connectivity index (χ1v) is 13.8. The van der Waals surface area contributed by atoms with E-state index in [4.69, 9.17) is 4.74 Å². The number of carbonyl (C=O) groups excluding carboxylic acids is 4. The molecule has 3 amide bonds. The van der Waals surface area contributed by atoms with Crippen molar-refractivity contribution >= 4 is 40.4 Å². The number of aromatic nitrogens is 1. The molecule has 216 valence electrons. The molecule has 0 atom stereocenters. The molecule has 2 heterocycles. The van der Waals surface area contributed by atoms with E-state index in [2.05, 4.69) is 15.3 Å². The number of ether oxygens (including phenoxy) is 1. The molecule has 1 saturated heterocycles. The van der Waals surface area contributed by atoms with Gasteiger partial charge in [0.15, 0.2) is 0 Å². The molecule has 1 aromatic heterocycles. The molecule has 0 spiro atoms. The first kappa shape index (κ1) is 29.4. The highest BCUT2D eigenvalue weighted by molar-refractivity contribution is 6.44. The molecular formula is C30H34FN5O5. The van der Waals surface area contributed by atoms with Gasteiger partial charge in [0.25, 0.3) is 11.7 Å². The van der Waals surface area contributed by atoms with Crippen molar-refractivity contribution in [2.24, 2.45) is 4.99 Å². The molecule has 0 saturated carbocycles. The molecule has 0 aliphatic carbocycles. The second-order valence-electron chi connectivity index (χ2n) is 9.62. The van der Waals surface area contributed by atoms with Crippen LogP contribution in [-0.4, -0.2) is 83.6 Å². The quantitative estimate of drug-likeness (QED) is 0.0963. The number of unbranched alkanes of at least 4 members (excludes halogenated alkanes) is 2. The van der Waals surface area contributed by atoms with E-state index in [1.165, 1.54) is 23.2 Å². The smallest absolute Gasteiger partial charge is 0.342 e. The Morgan fingerprint density at radius 1 is 0.951 bits per heavy atom. The summed E-state index contributed by atoms with van der Waals surface area (Å²) >= 11 is 0. The predicted molar refractivity (Wildman–Crippen MR) is 152 cm³/mol. The zero-order valence-corrected chi connectivity index (χ0v) is 23.0. The maximum absolute atomic E-state index is 14.4. The largest absolute Gasteiger partial charge is 0.466 e. The number of urea groups is 1. The molecule has 0 bridgehead atoms. The molecule has 41 heavy (non-hydrogen) atoms. The van der Waals surface area contributed by atoms with E-state index < -0.39 is 23.5 Å². The maximum Gasteiger partial charge on any atom is 0.342 e. The van der Waals surface area contributed by atoms with Gasteiger partial charge in [0, 0.05) is 61.8 Å². The number of piperazine rings is 1. The number of fused-ring (bicyclic) bond motifs is 1. The van der Waals surface area contributed by atoms with Crippen LogP contribution in [0.5, 0.6) is 0 Å². The summed E-state index contributed by atoms with van der Waals surface area (Å²) in [5, 5.41) is 2.90. The van der Waals surface area contributed by atoms with Gasteiger partial charge < -0.3 is 24.8 Å². The zero-order valence-electron chi connectivity index (χ0n) is 23.0. The minimum atomic E-state index is -0.770. The molecule has 0 unspecified atom stereocenters. The van der Waals surface area contributed by atoms with Crippen molar-refractivity contribution in [1.82, 2.24) is 20.1 Å². The van der Waals surface area contributed by atoms with E-state index in [0.29, 0.717) is 56.9 Å². The highest BCUT2D eigenvalue weighted by Crippen LogP contribution is 2.23. The van der Waals surface area contributed by atoms with Crippen LogP contribution in [0.3, 0.4) is 0 Å². The molecule has 0 radical (unpaired) electrons. The average Bonchev–Trinajstić information content (AvgIpc) is 3.43. The number of rotatable bonds is 10. The summed E-state index contributed by atoms with van der Waals surface area (Å²) in [5.74, 6) is -1.78. The monoisotopic (exact) mass is 563 g/mol. The van der Waals surface area contributed by atoms with Crippen LogP contribution in [0.4, 0.5) is 9.18 Å². The van der Waals surface area contributed by atoms with E-state index in [-0.39, 0.29) is 30.0 Å². The van der Waals surface area contributed by atoms with Crippen LogP contribution >= 0.6 is 0 Å².